The molecule has 6 nitrogen and oxygen atoms in total. The maximum Gasteiger partial charge on any atom is 0.236 e. The summed E-state index contributed by atoms with van der Waals surface area (Å²) in [6, 6.07) is 11.4. The molecule has 2 rings (SSSR count). The number of amides is 2. The lowest BCUT2D eigenvalue weighted by Gasteiger charge is -2.21. The molecule has 1 aliphatic heterocycles. The molecular formula is C18H23N3O3. The molecule has 0 bridgehead atoms. The minimum atomic E-state index is -0.150. The topological polar surface area (TPSA) is 73.6 Å². The van der Waals surface area contributed by atoms with Gasteiger partial charge in [0.05, 0.1) is 12.7 Å². The van der Waals surface area contributed by atoms with Gasteiger partial charge in [0.25, 0.3) is 0 Å². The van der Waals surface area contributed by atoms with E-state index in [1.54, 1.807) is 4.90 Å². The van der Waals surface area contributed by atoms with Crippen LogP contribution in [0.15, 0.2) is 30.3 Å². The highest BCUT2D eigenvalue weighted by Gasteiger charge is 2.21. The predicted octanol–water partition coefficient (Wildman–Crippen LogP) is 1.82. The van der Waals surface area contributed by atoms with Gasteiger partial charge in [-0.05, 0) is 25.0 Å². The number of para-hydroxylation sites is 1. The number of carbonyl (C=O) groups excluding carboxylic acids is 2. The standard InChI is InChI=1S/C18H23N3O3/c19-10-9-18(23)21-12-5-11-20(13-14-21)17(22)8-4-15-24-16-6-2-1-3-7-16/h1-3,6-7H,4-5,8-9,11-15H2. The molecule has 0 unspecified atom stereocenters. The molecule has 0 aromatic heterocycles. The summed E-state index contributed by atoms with van der Waals surface area (Å²) < 4.78 is 5.59. The third kappa shape index (κ3) is 5.58. The number of nitrogens with zero attached hydrogens (tertiary/aromatic N) is 3. The highest BCUT2D eigenvalue weighted by Crippen LogP contribution is 2.10. The molecule has 2 amide bonds. The van der Waals surface area contributed by atoms with Crippen molar-refractivity contribution in [1.29, 1.82) is 5.26 Å². The van der Waals surface area contributed by atoms with E-state index in [1.165, 1.54) is 0 Å². The van der Waals surface area contributed by atoms with Crippen LogP contribution >= 0.6 is 0 Å². The van der Waals surface area contributed by atoms with E-state index in [2.05, 4.69) is 0 Å². The molecule has 1 aromatic rings. The van der Waals surface area contributed by atoms with Crippen LogP contribution in [0.25, 0.3) is 0 Å². The zero-order chi connectivity index (χ0) is 17.2. The Morgan fingerprint density at radius 1 is 1.04 bits per heavy atom. The van der Waals surface area contributed by atoms with Gasteiger partial charge < -0.3 is 14.5 Å². The minimum Gasteiger partial charge on any atom is -0.494 e. The van der Waals surface area contributed by atoms with E-state index >= 15 is 0 Å². The molecule has 0 saturated carbocycles. The second kappa shape index (κ2) is 9.56. The molecule has 0 N–H and O–H groups in total. The summed E-state index contributed by atoms with van der Waals surface area (Å²) in [5.74, 6) is 0.760. The Morgan fingerprint density at radius 3 is 2.38 bits per heavy atom. The van der Waals surface area contributed by atoms with Gasteiger partial charge >= 0.3 is 0 Å². The molecule has 0 radical (unpaired) electrons. The van der Waals surface area contributed by atoms with Crippen LogP contribution in [0.3, 0.4) is 0 Å². The molecule has 24 heavy (non-hydrogen) atoms. The zero-order valence-corrected chi connectivity index (χ0v) is 13.8. The van der Waals surface area contributed by atoms with Crippen molar-refractivity contribution in [3.05, 3.63) is 30.3 Å². The van der Waals surface area contributed by atoms with E-state index in [1.807, 2.05) is 41.3 Å². The van der Waals surface area contributed by atoms with E-state index in [0.717, 1.165) is 12.2 Å². The smallest absolute Gasteiger partial charge is 0.236 e. The minimum absolute atomic E-state index is 0.0925. The molecule has 6 heteroatoms. The average molecular weight is 329 g/mol. The number of benzene rings is 1. The summed E-state index contributed by atoms with van der Waals surface area (Å²) in [7, 11) is 0. The summed E-state index contributed by atoms with van der Waals surface area (Å²) in [5.41, 5.74) is 0. The Bertz CT molecular complexity index is 583. The van der Waals surface area contributed by atoms with Gasteiger partial charge in [0.15, 0.2) is 0 Å². The van der Waals surface area contributed by atoms with E-state index in [9.17, 15) is 9.59 Å². The van der Waals surface area contributed by atoms with Gasteiger partial charge in [-0.3, -0.25) is 9.59 Å². The van der Waals surface area contributed by atoms with E-state index in [4.69, 9.17) is 10.00 Å². The normalized spacial score (nSPS) is 14.6. The molecule has 128 valence electrons. The van der Waals surface area contributed by atoms with Crippen LogP contribution in [-0.2, 0) is 9.59 Å². The van der Waals surface area contributed by atoms with E-state index in [-0.39, 0.29) is 18.2 Å². The molecule has 1 fully saturated rings. The zero-order valence-electron chi connectivity index (χ0n) is 13.8. The maximum atomic E-state index is 12.3. The lowest BCUT2D eigenvalue weighted by atomic mass is 10.2. The third-order valence-electron chi connectivity index (χ3n) is 3.98. The maximum absolute atomic E-state index is 12.3. The Labute approximate surface area is 142 Å². The number of hydrogen-bond acceptors (Lipinski definition) is 4. The van der Waals surface area contributed by atoms with E-state index in [0.29, 0.717) is 45.6 Å². The molecule has 1 aliphatic rings. The molecule has 0 atom stereocenters. The summed E-state index contributed by atoms with van der Waals surface area (Å²) in [5, 5.41) is 8.61. The summed E-state index contributed by atoms with van der Waals surface area (Å²) >= 11 is 0. The van der Waals surface area contributed by atoms with Crippen LogP contribution in [-0.4, -0.2) is 54.4 Å². The summed E-state index contributed by atoms with van der Waals surface area (Å²) in [4.78, 5) is 27.5. The fourth-order valence-corrected chi connectivity index (χ4v) is 2.68. The lowest BCUT2D eigenvalue weighted by molar-refractivity contribution is -0.133. The van der Waals surface area contributed by atoms with Crippen molar-refractivity contribution in [3.63, 3.8) is 0 Å². The van der Waals surface area contributed by atoms with Crippen LogP contribution in [0.2, 0.25) is 0 Å². The Morgan fingerprint density at radius 2 is 1.71 bits per heavy atom. The van der Waals surface area contributed by atoms with Crippen LogP contribution < -0.4 is 4.74 Å². The monoisotopic (exact) mass is 329 g/mol. The van der Waals surface area contributed by atoms with Crippen LogP contribution in [0.1, 0.15) is 25.7 Å². The SMILES string of the molecule is N#CCC(=O)N1CCCN(C(=O)CCCOc2ccccc2)CC1. The Balaban J connectivity index is 1.69. The fourth-order valence-electron chi connectivity index (χ4n) is 2.68. The molecule has 1 saturated heterocycles. The van der Waals surface area contributed by atoms with Gasteiger partial charge in [-0.25, -0.2) is 0 Å². The quantitative estimate of drug-likeness (QED) is 0.746. The largest absolute Gasteiger partial charge is 0.494 e. The lowest BCUT2D eigenvalue weighted by Crippen LogP contribution is -2.37. The van der Waals surface area contributed by atoms with E-state index < -0.39 is 0 Å². The Hall–Kier alpha value is -2.55. The molecule has 0 spiro atoms. The summed E-state index contributed by atoms with van der Waals surface area (Å²) in [6.07, 6.45) is 1.77. The molecule has 1 aromatic carbocycles. The van der Waals surface area contributed by atoms with Crippen molar-refractivity contribution < 1.29 is 14.3 Å². The van der Waals surface area contributed by atoms with Gasteiger partial charge in [0.2, 0.25) is 11.8 Å². The van der Waals surface area contributed by atoms with Gasteiger partial charge in [0.1, 0.15) is 12.2 Å². The third-order valence-corrected chi connectivity index (χ3v) is 3.98. The van der Waals surface area contributed by atoms with Crippen molar-refractivity contribution in [3.8, 4) is 11.8 Å². The molecule has 1 heterocycles. The van der Waals surface area contributed by atoms with Crippen molar-refractivity contribution >= 4 is 11.8 Å². The Kier molecular flexibility index (Phi) is 7.09. The number of hydrogen-bond donors (Lipinski definition) is 0. The predicted molar refractivity (Wildman–Crippen MR) is 89.2 cm³/mol. The van der Waals surface area contributed by atoms with Gasteiger partial charge in [-0.15, -0.1) is 0 Å². The van der Waals surface area contributed by atoms with Crippen molar-refractivity contribution in [2.75, 3.05) is 32.8 Å². The molecular weight excluding hydrogens is 306 g/mol. The number of ether oxygens (including phenoxy) is 1. The van der Waals surface area contributed by atoms with Crippen LogP contribution in [0.5, 0.6) is 5.75 Å². The number of carbonyl (C=O) groups is 2. The second-order valence-electron chi connectivity index (χ2n) is 5.72. The van der Waals surface area contributed by atoms with Gasteiger partial charge in [0, 0.05) is 32.6 Å². The van der Waals surface area contributed by atoms with Crippen LogP contribution in [0.4, 0.5) is 0 Å². The van der Waals surface area contributed by atoms with Crippen molar-refractivity contribution in [1.82, 2.24) is 9.80 Å². The number of rotatable bonds is 6. The summed E-state index contributed by atoms with van der Waals surface area (Å²) in [6.45, 7) is 2.83. The van der Waals surface area contributed by atoms with Gasteiger partial charge in [-0.1, -0.05) is 18.2 Å². The number of nitriles is 1. The first-order valence-corrected chi connectivity index (χ1v) is 8.31. The van der Waals surface area contributed by atoms with Crippen molar-refractivity contribution in [2.24, 2.45) is 0 Å². The first-order valence-electron chi connectivity index (χ1n) is 8.31. The second-order valence-corrected chi connectivity index (χ2v) is 5.72. The fraction of sp³-hybridized carbons (Fsp3) is 0.500. The first-order chi connectivity index (χ1) is 11.7. The molecule has 0 aliphatic carbocycles. The first kappa shape index (κ1) is 17.8. The highest BCUT2D eigenvalue weighted by molar-refractivity contribution is 5.79. The van der Waals surface area contributed by atoms with Crippen LogP contribution in [0, 0.1) is 11.3 Å². The van der Waals surface area contributed by atoms with Crippen molar-refractivity contribution in [2.45, 2.75) is 25.7 Å². The highest BCUT2D eigenvalue weighted by atomic mass is 16.5. The average Bonchev–Trinajstić information content (AvgIpc) is 2.86. The van der Waals surface area contributed by atoms with Gasteiger partial charge in [-0.2, -0.15) is 5.26 Å².